The van der Waals surface area contributed by atoms with Crippen molar-refractivity contribution in [1.29, 1.82) is 0 Å². The summed E-state index contributed by atoms with van der Waals surface area (Å²) < 4.78 is 34.1. The fourth-order valence-corrected chi connectivity index (χ4v) is 5.62. The molecule has 0 spiro atoms. The molecule has 0 aliphatic rings. The molecule has 0 heterocycles. The fourth-order valence-electron chi connectivity index (χ4n) is 4.19. The molecule has 1 atom stereocenters. The number of anilines is 1. The topological polar surface area (TPSA) is 96.0 Å². The zero-order valence-electron chi connectivity index (χ0n) is 22.0. The van der Waals surface area contributed by atoms with Gasteiger partial charge in [-0.15, -0.1) is 0 Å². The number of nitrogens with one attached hydrogen (secondary N) is 1. The van der Waals surface area contributed by atoms with Crippen LogP contribution in [0.25, 0.3) is 0 Å². The molecule has 3 aromatic rings. The number of likely N-dealkylation sites (N-methyl/N-ethyl adjacent to an activating group) is 1. The first-order valence-electron chi connectivity index (χ1n) is 12.7. The van der Waals surface area contributed by atoms with E-state index in [2.05, 4.69) is 5.32 Å². The first-order chi connectivity index (χ1) is 18.3. The minimum atomic E-state index is -4.09. The number of benzene rings is 3. The number of hydrogen-bond acceptors (Lipinski definition) is 5. The molecule has 0 saturated heterocycles. The van der Waals surface area contributed by atoms with Gasteiger partial charge >= 0.3 is 0 Å². The maximum absolute atomic E-state index is 13.8. The number of amides is 2. The Kier molecular flexibility index (Phi) is 10.3. The van der Waals surface area contributed by atoms with E-state index in [1.807, 2.05) is 44.2 Å². The van der Waals surface area contributed by atoms with Crippen LogP contribution in [0.5, 0.6) is 5.75 Å². The molecule has 1 N–H and O–H groups in total. The summed E-state index contributed by atoms with van der Waals surface area (Å²) in [6, 6.07) is 23.5. The van der Waals surface area contributed by atoms with E-state index in [0.29, 0.717) is 30.9 Å². The lowest BCUT2D eigenvalue weighted by Gasteiger charge is -2.33. The Hall–Kier alpha value is -3.85. The highest BCUT2D eigenvalue weighted by Gasteiger charge is 2.33. The summed E-state index contributed by atoms with van der Waals surface area (Å²) >= 11 is 0. The molecule has 9 heteroatoms. The van der Waals surface area contributed by atoms with Gasteiger partial charge < -0.3 is 15.0 Å². The van der Waals surface area contributed by atoms with E-state index in [9.17, 15) is 18.0 Å². The van der Waals surface area contributed by atoms with Crippen molar-refractivity contribution in [2.45, 2.75) is 37.6 Å². The molecule has 0 aliphatic carbocycles. The minimum Gasteiger partial charge on any atom is -0.494 e. The van der Waals surface area contributed by atoms with Gasteiger partial charge in [0.25, 0.3) is 10.0 Å². The van der Waals surface area contributed by atoms with Gasteiger partial charge in [-0.05, 0) is 61.7 Å². The van der Waals surface area contributed by atoms with Gasteiger partial charge in [0.15, 0.2) is 0 Å². The Morgan fingerprint density at radius 1 is 0.895 bits per heavy atom. The molecular formula is C29H35N3O5S. The predicted molar refractivity (Wildman–Crippen MR) is 149 cm³/mol. The summed E-state index contributed by atoms with van der Waals surface area (Å²) in [6.07, 6.45) is 0.906. The maximum Gasteiger partial charge on any atom is 0.264 e. The number of nitrogens with zero attached hydrogens (tertiary/aromatic N) is 2. The third-order valence-corrected chi connectivity index (χ3v) is 7.95. The second kappa shape index (κ2) is 13.6. The number of carbonyl (C=O) groups is 2. The second-order valence-electron chi connectivity index (χ2n) is 8.61. The summed E-state index contributed by atoms with van der Waals surface area (Å²) in [6.45, 7) is 3.95. The molecule has 0 bridgehead atoms. The summed E-state index contributed by atoms with van der Waals surface area (Å²) in [7, 11) is -2.56. The molecule has 3 rings (SSSR count). The smallest absolute Gasteiger partial charge is 0.264 e. The zero-order chi connectivity index (χ0) is 27.5. The first kappa shape index (κ1) is 28.7. The van der Waals surface area contributed by atoms with Crippen LogP contribution in [0.1, 0.15) is 25.8 Å². The maximum atomic E-state index is 13.8. The standard InChI is InChI=1S/C29H35N3O5S/c1-4-27(29(34)30-3)31(21-20-23-12-8-6-9-13-23)28(33)22-32(24-16-18-25(19-17-24)37-5-2)38(35,36)26-14-10-7-11-15-26/h6-19,27H,4-5,20-22H2,1-3H3,(H,30,34). The van der Waals surface area contributed by atoms with Crippen molar-refractivity contribution in [3.8, 4) is 5.75 Å². The van der Waals surface area contributed by atoms with Crippen LogP contribution in [0.4, 0.5) is 5.69 Å². The van der Waals surface area contributed by atoms with Gasteiger partial charge in [-0.2, -0.15) is 0 Å². The Morgan fingerprint density at radius 3 is 2.05 bits per heavy atom. The molecule has 0 fully saturated rings. The molecule has 2 amide bonds. The lowest BCUT2D eigenvalue weighted by molar-refractivity contribution is -0.139. The molecule has 0 saturated carbocycles. The van der Waals surface area contributed by atoms with Crippen molar-refractivity contribution in [2.75, 3.05) is 31.0 Å². The summed E-state index contributed by atoms with van der Waals surface area (Å²) in [5.41, 5.74) is 1.33. The SMILES string of the molecule is CCOc1ccc(N(CC(=O)N(CCc2ccccc2)C(CC)C(=O)NC)S(=O)(=O)c2ccccc2)cc1. The van der Waals surface area contributed by atoms with Crippen molar-refractivity contribution >= 4 is 27.5 Å². The molecule has 8 nitrogen and oxygen atoms in total. The van der Waals surface area contributed by atoms with Crippen LogP contribution in [0.2, 0.25) is 0 Å². The summed E-state index contributed by atoms with van der Waals surface area (Å²) in [5.74, 6) is -0.174. The molecule has 1 unspecified atom stereocenters. The Balaban J connectivity index is 1.98. The Bertz CT molecular complexity index is 1280. The van der Waals surface area contributed by atoms with Crippen molar-refractivity contribution < 1.29 is 22.7 Å². The molecule has 3 aromatic carbocycles. The van der Waals surface area contributed by atoms with Gasteiger partial charge in [0.1, 0.15) is 18.3 Å². The van der Waals surface area contributed by atoms with Crippen molar-refractivity contribution in [3.63, 3.8) is 0 Å². The highest BCUT2D eigenvalue weighted by Crippen LogP contribution is 2.26. The normalized spacial score (nSPS) is 11.9. The zero-order valence-corrected chi connectivity index (χ0v) is 22.9. The van der Waals surface area contributed by atoms with Crippen molar-refractivity contribution in [3.05, 3.63) is 90.5 Å². The van der Waals surface area contributed by atoms with Gasteiger partial charge in [0.05, 0.1) is 17.2 Å². The van der Waals surface area contributed by atoms with E-state index in [-0.39, 0.29) is 17.3 Å². The van der Waals surface area contributed by atoms with Crippen molar-refractivity contribution in [2.24, 2.45) is 0 Å². The first-order valence-corrected chi connectivity index (χ1v) is 14.1. The average Bonchev–Trinajstić information content (AvgIpc) is 2.95. The molecular weight excluding hydrogens is 502 g/mol. The van der Waals surface area contributed by atoms with Crippen LogP contribution < -0.4 is 14.4 Å². The van der Waals surface area contributed by atoms with E-state index in [1.54, 1.807) is 42.5 Å². The van der Waals surface area contributed by atoms with Crippen LogP contribution in [-0.2, 0) is 26.0 Å². The van der Waals surface area contributed by atoms with E-state index < -0.39 is 28.5 Å². The van der Waals surface area contributed by atoms with Crippen LogP contribution in [0.15, 0.2) is 89.8 Å². The molecule has 202 valence electrons. The van der Waals surface area contributed by atoms with E-state index in [0.717, 1.165) is 9.87 Å². The molecule has 38 heavy (non-hydrogen) atoms. The monoisotopic (exact) mass is 537 g/mol. The van der Waals surface area contributed by atoms with Gasteiger partial charge in [0, 0.05) is 13.6 Å². The second-order valence-corrected chi connectivity index (χ2v) is 10.5. The third-order valence-electron chi connectivity index (χ3n) is 6.16. The summed E-state index contributed by atoms with van der Waals surface area (Å²) in [4.78, 5) is 28.1. The minimum absolute atomic E-state index is 0.0656. The Morgan fingerprint density at radius 2 is 1.50 bits per heavy atom. The molecule has 0 radical (unpaired) electrons. The van der Waals surface area contributed by atoms with Crippen molar-refractivity contribution in [1.82, 2.24) is 10.2 Å². The average molecular weight is 538 g/mol. The number of ether oxygens (including phenoxy) is 1. The summed E-state index contributed by atoms with van der Waals surface area (Å²) in [5, 5.41) is 2.63. The predicted octanol–water partition coefficient (Wildman–Crippen LogP) is 3.88. The van der Waals surface area contributed by atoms with E-state index in [4.69, 9.17) is 4.74 Å². The van der Waals surface area contributed by atoms with E-state index >= 15 is 0 Å². The largest absolute Gasteiger partial charge is 0.494 e. The van der Waals surface area contributed by atoms with Crippen LogP contribution in [0.3, 0.4) is 0 Å². The van der Waals surface area contributed by atoms with Gasteiger partial charge in [-0.1, -0.05) is 55.5 Å². The molecule has 0 aliphatic heterocycles. The lowest BCUT2D eigenvalue weighted by atomic mass is 10.1. The lowest BCUT2D eigenvalue weighted by Crippen LogP contribution is -2.52. The number of rotatable bonds is 13. The van der Waals surface area contributed by atoms with Gasteiger partial charge in [-0.25, -0.2) is 8.42 Å². The van der Waals surface area contributed by atoms with E-state index in [1.165, 1.54) is 24.1 Å². The number of hydrogen-bond donors (Lipinski definition) is 1. The van der Waals surface area contributed by atoms with Gasteiger partial charge in [-0.3, -0.25) is 13.9 Å². The number of carbonyl (C=O) groups excluding carboxylic acids is 2. The molecule has 0 aromatic heterocycles. The van der Waals surface area contributed by atoms with Crippen LogP contribution >= 0.6 is 0 Å². The van der Waals surface area contributed by atoms with Crippen LogP contribution in [-0.4, -0.2) is 57.9 Å². The quantitative estimate of drug-likeness (QED) is 0.357. The highest BCUT2D eigenvalue weighted by molar-refractivity contribution is 7.92. The van der Waals surface area contributed by atoms with Gasteiger partial charge in [0.2, 0.25) is 11.8 Å². The van der Waals surface area contributed by atoms with Crippen LogP contribution in [0, 0.1) is 0 Å². The third kappa shape index (κ3) is 7.13. The fraction of sp³-hybridized carbons (Fsp3) is 0.310. The Labute approximate surface area is 225 Å². The number of sulfonamides is 1. The highest BCUT2D eigenvalue weighted by atomic mass is 32.2.